The fraction of sp³-hybridized carbons (Fsp3) is 0.250. The maximum Gasteiger partial charge on any atom is 0.120 e. The molecule has 3 heteroatoms. The molecule has 0 radical (unpaired) electrons. The number of aldehydes is 1. The quantitative estimate of drug-likeness (QED) is 0.720. The summed E-state index contributed by atoms with van der Waals surface area (Å²) in [5, 5.41) is 0. The van der Waals surface area contributed by atoms with E-state index < -0.39 is 0 Å². The minimum atomic E-state index is 0.568. The highest BCUT2D eigenvalue weighted by Crippen LogP contribution is 2.10. The molecule has 1 aromatic rings. The first-order chi connectivity index (χ1) is 5.33. The van der Waals surface area contributed by atoms with Gasteiger partial charge in [0.15, 0.2) is 0 Å². The Morgan fingerprint density at radius 1 is 1.55 bits per heavy atom. The first-order valence-electron chi connectivity index (χ1n) is 3.36. The molecule has 1 rings (SSSR count). The summed E-state index contributed by atoms with van der Waals surface area (Å²) < 4.78 is 0.959. The molecular weight excluding hydrogens is 206 g/mol. The number of hydrogen-bond donors (Lipinski definition) is 0. The molecule has 1 heterocycles. The van der Waals surface area contributed by atoms with Crippen molar-refractivity contribution in [2.75, 3.05) is 0 Å². The summed E-state index contributed by atoms with van der Waals surface area (Å²) >= 11 is 3.30. The van der Waals surface area contributed by atoms with E-state index >= 15 is 0 Å². The van der Waals surface area contributed by atoms with Crippen molar-refractivity contribution >= 4 is 22.2 Å². The summed E-state index contributed by atoms with van der Waals surface area (Å²) in [7, 11) is 0. The second kappa shape index (κ2) is 4.23. The Hall–Kier alpha value is -0.700. The van der Waals surface area contributed by atoms with Gasteiger partial charge in [-0.3, -0.25) is 4.98 Å². The van der Waals surface area contributed by atoms with Gasteiger partial charge in [0.1, 0.15) is 6.29 Å². The van der Waals surface area contributed by atoms with E-state index in [1.54, 1.807) is 12.4 Å². The number of nitrogens with zero attached hydrogens (tertiary/aromatic N) is 1. The molecule has 11 heavy (non-hydrogen) atoms. The maximum atomic E-state index is 10.0. The van der Waals surface area contributed by atoms with Crippen molar-refractivity contribution in [1.82, 2.24) is 4.98 Å². The van der Waals surface area contributed by atoms with Gasteiger partial charge in [-0.05, 0) is 34.0 Å². The first-order valence-corrected chi connectivity index (χ1v) is 4.15. The van der Waals surface area contributed by atoms with Crippen molar-refractivity contribution < 1.29 is 4.79 Å². The predicted molar refractivity (Wildman–Crippen MR) is 46.3 cm³/mol. The van der Waals surface area contributed by atoms with E-state index in [1.807, 2.05) is 6.07 Å². The highest BCUT2D eigenvalue weighted by atomic mass is 79.9. The first kappa shape index (κ1) is 8.40. The van der Waals surface area contributed by atoms with E-state index in [-0.39, 0.29) is 0 Å². The minimum absolute atomic E-state index is 0.568. The van der Waals surface area contributed by atoms with Gasteiger partial charge >= 0.3 is 0 Å². The van der Waals surface area contributed by atoms with Crippen molar-refractivity contribution in [1.29, 1.82) is 0 Å². The van der Waals surface area contributed by atoms with Crippen molar-refractivity contribution in [2.24, 2.45) is 0 Å². The van der Waals surface area contributed by atoms with E-state index in [0.29, 0.717) is 6.42 Å². The SMILES string of the molecule is O=CCCc1cncc(Br)c1. The summed E-state index contributed by atoms with van der Waals surface area (Å²) in [6, 6.07) is 1.97. The Kier molecular flexibility index (Phi) is 3.23. The summed E-state index contributed by atoms with van der Waals surface area (Å²) in [6.07, 6.45) is 5.76. The van der Waals surface area contributed by atoms with Gasteiger partial charge in [-0.25, -0.2) is 0 Å². The Bertz CT molecular complexity index is 250. The third-order valence-corrected chi connectivity index (χ3v) is 1.75. The molecule has 0 atom stereocenters. The average molecular weight is 214 g/mol. The summed E-state index contributed by atoms with van der Waals surface area (Å²) in [4.78, 5) is 14.0. The molecule has 0 aliphatic carbocycles. The van der Waals surface area contributed by atoms with Gasteiger partial charge in [-0.2, -0.15) is 0 Å². The maximum absolute atomic E-state index is 10.0. The molecule has 0 N–H and O–H groups in total. The van der Waals surface area contributed by atoms with Gasteiger partial charge < -0.3 is 4.79 Å². The number of pyridine rings is 1. The highest BCUT2D eigenvalue weighted by Gasteiger charge is 1.93. The van der Waals surface area contributed by atoms with Gasteiger partial charge in [0, 0.05) is 23.3 Å². The van der Waals surface area contributed by atoms with Gasteiger partial charge in [-0.1, -0.05) is 0 Å². The lowest BCUT2D eigenvalue weighted by Gasteiger charge is -1.95. The van der Waals surface area contributed by atoms with Crippen LogP contribution in [0.3, 0.4) is 0 Å². The van der Waals surface area contributed by atoms with Gasteiger partial charge in [-0.15, -0.1) is 0 Å². The predicted octanol–water partition coefficient (Wildman–Crippen LogP) is 1.98. The fourth-order valence-electron chi connectivity index (χ4n) is 0.818. The Labute approximate surface area is 73.8 Å². The molecule has 1 aromatic heterocycles. The van der Waals surface area contributed by atoms with Gasteiger partial charge in [0.2, 0.25) is 0 Å². The number of hydrogen-bond acceptors (Lipinski definition) is 2. The molecular formula is C8H8BrNO. The number of rotatable bonds is 3. The number of carbonyl (C=O) groups excluding carboxylic acids is 1. The topological polar surface area (TPSA) is 30.0 Å². The van der Waals surface area contributed by atoms with E-state index in [4.69, 9.17) is 0 Å². The average Bonchev–Trinajstić information content (AvgIpc) is 2.01. The zero-order valence-corrected chi connectivity index (χ0v) is 7.54. The van der Waals surface area contributed by atoms with E-state index in [9.17, 15) is 4.79 Å². The molecule has 0 aromatic carbocycles. The van der Waals surface area contributed by atoms with E-state index in [2.05, 4.69) is 20.9 Å². The highest BCUT2D eigenvalue weighted by molar-refractivity contribution is 9.10. The van der Waals surface area contributed by atoms with Crippen LogP contribution < -0.4 is 0 Å². The molecule has 0 bridgehead atoms. The zero-order valence-electron chi connectivity index (χ0n) is 5.96. The van der Waals surface area contributed by atoms with E-state index in [1.165, 1.54) is 0 Å². The molecule has 0 aliphatic rings. The van der Waals surface area contributed by atoms with Crippen molar-refractivity contribution in [3.8, 4) is 0 Å². The molecule has 0 fully saturated rings. The Morgan fingerprint density at radius 3 is 3.00 bits per heavy atom. The summed E-state index contributed by atoms with van der Waals surface area (Å²) in [5.74, 6) is 0. The Morgan fingerprint density at radius 2 is 2.36 bits per heavy atom. The van der Waals surface area contributed by atoms with E-state index in [0.717, 1.165) is 22.7 Å². The lowest BCUT2D eigenvalue weighted by molar-refractivity contribution is -0.107. The second-order valence-corrected chi connectivity index (χ2v) is 3.13. The number of aromatic nitrogens is 1. The molecule has 0 unspecified atom stereocenters. The van der Waals surface area contributed by atoms with Crippen LogP contribution in [0.15, 0.2) is 22.9 Å². The molecule has 0 spiro atoms. The van der Waals surface area contributed by atoms with Crippen molar-refractivity contribution in [3.63, 3.8) is 0 Å². The summed E-state index contributed by atoms with van der Waals surface area (Å²) in [5.41, 5.74) is 1.09. The zero-order chi connectivity index (χ0) is 8.10. The summed E-state index contributed by atoms with van der Waals surface area (Å²) in [6.45, 7) is 0. The van der Waals surface area contributed by atoms with Crippen LogP contribution in [0.5, 0.6) is 0 Å². The monoisotopic (exact) mass is 213 g/mol. The molecule has 58 valence electrons. The standard InChI is InChI=1S/C8H8BrNO/c9-8-4-7(2-1-3-11)5-10-6-8/h3-6H,1-2H2. The van der Waals surface area contributed by atoms with Crippen LogP contribution in [0, 0.1) is 0 Å². The second-order valence-electron chi connectivity index (χ2n) is 2.22. The van der Waals surface area contributed by atoms with Gasteiger partial charge in [0.05, 0.1) is 0 Å². The minimum Gasteiger partial charge on any atom is -0.303 e. The van der Waals surface area contributed by atoms with Gasteiger partial charge in [0.25, 0.3) is 0 Å². The Balaban J connectivity index is 2.63. The van der Waals surface area contributed by atoms with Crippen LogP contribution in [0.2, 0.25) is 0 Å². The molecule has 0 amide bonds. The lowest BCUT2D eigenvalue weighted by atomic mass is 10.2. The normalized spacial score (nSPS) is 9.55. The number of aryl methyl sites for hydroxylation is 1. The lowest BCUT2D eigenvalue weighted by Crippen LogP contribution is -1.86. The smallest absolute Gasteiger partial charge is 0.120 e. The van der Waals surface area contributed by atoms with Crippen molar-refractivity contribution in [2.45, 2.75) is 12.8 Å². The van der Waals surface area contributed by atoms with Crippen LogP contribution >= 0.6 is 15.9 Å². The third kappa shape index (κ3) is 2.80. The number of halogens is 1. The molecule has 0 aliphatic heterocycles. The van der Waals surface area contributed by atoms with Crippen LogP contribution in [0.4, 0.5) is 0 Å². The van der Waals surface area contributed by atoms with Crippen molar-refractivity contribution in [3.05, 3.63) is 28.5 Å². The molecule has 2 nitrogen and oxygen atoms in total. The third-order valence-electron chi connectivity index (χ3n) is 1.31. The van der Waals surface area contributed by atoms with Crippen LogP contribution in [0.25, 0.3) is 0 Å². The molecule has 0 saturated heterocycles. The number of carbonyl (C=O) groups is 1. The largest absolute Gasteiger partial charge is 0.303 e. The van der Waals surface area contributed by atoms with Crippen LogP contribution in [-0.4, -0.2) is 11.3 Å². The molecule has 0 saturated carbocycles. The van der Waals surface area contributed by atoms with Crippen LogP contribution in [0.1, 0.15) is 12.0 Å². The fourth-order valence-corrected chi connectivity index (χ4v) is 1.23. The van der Waals surface area contributed by atoms with Crippen LogP contribution in [-0.2, 0) is 11.2 Å².